The maximum absolute atomic E-state index is 11.4. The zero-order valence-electron chi connectivity index (χ0n) is 10.5. The van der Waals surface area contributed by atoms with Crippen LogP contribution in [0.15, 0.2) is 16.6 Å². The number of methoxy groups -OCH3 is 1. The lowest BCUT2D eigenvalue weighted by Crippen LogP contribution is -2.44. The Balaban J connectivity index is 2.56. The van der Waals surface area contributed by atoms with Crippen molar-refractivity contribution in [2.75, 3.05) is 12.4 Å². The lowest BCUT2D eigenvalue weighted by molar-refractivity contribution is -0.114. The van der Waals surface area contributed by atoms with E-state index in [1.54, 1.807) is 7.11 Å². The fourth-order valence-corrected chi connectivity index (χ4v) is 3.05. The molecule has 5 heteroatoms. The maximum Gasteiger partial charge on any atom is 0.221 e. The van der Waals surface area contributed by atoms with E-state index in [9.17, 15) is 4.79 Å². The second kappa shape index (κ2) is 4.90. The molecule has 0 aliphatic heterocycles. The Labute approximate surface area is 115 Å². The van der Waals surface area contributed by atoms with Gasteiger partial charge in [0.15, 0.2) is 0 Å². The summed E-state index contributed by atoms with van der Waals surface area (Å²) in [6.07, 6.45) is 2.95. The van der Waals surface area contributed by atoms with Gasteiger partial charge in [-0.1, -0.05) is 15.9 Å². The number of ether oxygens (including phenoxy) is 1. The number of benzene rings is 1. The van der Waals surface area contributed by atoms with Gasteiger partial charge >= 0.3 is 0 Å². The minimum atomic E-state index is -0.370. The van der Waals surface area contributed by atoms with Gasteiger partial charge in [0.1, 0.15) is 5.75 Å². The summed E-state index contributed by atoms with van der Waals surface area (Å²) >= 11 is 3.52. The summed E-state index contributed by atoms with van der Waals surface area (Å²) in [7, 11) is 1.59. The van der Waals surface area contributed by atoms with E-state index in [0.717, 1.165) is 29.3 Å². The van der Waals surface area contributed by atoms with Crippen molar-refractivity contribution in [3.63, 3.8) is 0 Å². The van der Waals surface area contributed by atoms with Gasteiger partial charge in [-0.25, -0.2) is 0 Å². The van der Waals surface area contributed by atoms with E-state index in [-0.39, 0.29) is 11.4 Å². The summed E-state index contributed by atoms with van der Waals surface area (Å²) in [5.74, 6) is 0.510. The van der Waals surface area contributed by atoms with E-state index in [0.29, 0.717) is 11.4 Å². The van der Waals surface area contributed by atoms with Gasteiger partial charge in [0.2, 0.25) is 5.91 Å². The first-order valence-corrected chi connectivity index (χ1v) is 6.70. The van der Waals surface area contributed by atoms with Crippen LogP contribution in [0.3, 0.4) is 0 Å². The minimum Gasteiger partial charge on any atom is -0.495 e. The highest BCUT2D eigenvalue weighted by Crippen LogP contribution is 2.48. The zero-order chi connectivity index (χ0) is 13.3. The predicted octanol–water partition coefficient (Wildman–Crippen LogP) is 2.75. The van der Waals surface area contributed by atoms with Crippen LogP contribution in [0.5, 0.6) is 5.75 Å². The molecular formula is C13H17BrN2O2. The van der Waals surface area contributed by atoms with Crippen LogP contribution >= 0.6 is 15.9 Å². The van der Waals surface area contributed by atoms with Crippen LogP contribution in [0.25, 0.3) is 0 Å². The van der Waals surface area contributed by atoms with Gasteiger partial charge < -0.3 is 15.8 Å². The Kier molecular flexibility index (Phi) is 3.64. The molecule has 1 aliphatic rings. The first kappa shape index (κ1) is 13.4. The van der Waals surface area contributed by atoms with Crippen LogP contribution < -0.4 is 15.8 Å². The van der Waals surface area contributed by atoms with Crippen LogP contribution in [0.4, 0.5) is 5.69 Å². The van der Waals surface area contributed by atoms with E-state index in [2.05, 4.69) is 21.2 Å². The molecule has 2 rings (SSSR count). The quantitative estimate of drug-likeness (QED) is 0.902. The molecule has 18 heavy (non-hydrogen) atoms. The summed E-state index contributed by atoms with van der Waals surface area (Å²) in [4.78, 5) is 11.4. The maximum atomic E-state index is 11.4. The van der Waals surface area contributed by atoms with E-state index in [1.165, 1.54) is 6.92 Å². The van der Waals surface area contributed by atoms with Crippen molar-refractivity contribution < 1.29 is 9.53 Å². The average molecular weight is 313 g/mol. The van der Waals surface area contributed by atoms with E-state index in [1.807, 2.05) is 12.1 Å². The van der Waals surface area contributed by atoms with Gasteiger partial charge in [0.25, 0.3) is 0 Å². The number of carbonyl (C=O) groups is 1. The Morgan fingerprint density at radius 3 is 2.61 bits per heavy atom. The Morgan fingerprint density at radius 1 is 1.50 bits per heavy atom. The lowest BCUT2D eigenvalue weighted by Gasteiger charge is -2.40. The molecular weight excluding hydrogens is 296 g/mol. The molecule has 0 heterocycles. The normalized spacial score (nSPS) is 16.9. The van der Waals surface area contributed by atoms with Crippen LogP contribution in [-0.4, -0.2) is 13.0 Å². The molecule has 0 unspecified atom stereocenters. The van der Waals surface area contributed by atoms with E-state index < -0.39 is 0 Å². The van der Waals surface area contributed by atoms with Gasteiger partial charge in [-0.3, -0.25) is 4.79 Å². The lowest BCUT2D eigenvalue weighted by atomic mass is 9.72. The molecule has 0 atom stereocenters. The summed E-state index contributed by atoms with van der Waals surface area (Å²) in [6, 6.07) is 3.73. The van der Waals surface area contributed by atoms with Crippen molar-refractivity contribution in [2.45, 2.75) is 31.7 Å². The molecule has 1 aromatic rings. The van der Waals surface area contributed by atoms with Crippen LogP contribution in [-0.2, 0) is 10.3 Å². The summed E-state index contributed by atoms with van der Waals surface area (Å²) in [5, 5.41) is 2.83. The third-order valence-electron chi connectivity index (χ3n) is 3.38. The highest BCUT2D eigenvalue weighted by molar-refractivity contribution is 9.10. The molecule has 0 aromatic heterocycles. The molecule has 0 saturated heterocycles. The number of amides is 1. The van der Waals surface area contributed by atoms with Crippen LogP contribution in [0.1, 0.15) is 31.7 Å². The monoisotopic (exact) mass is 312 g/mol. The zero-order valence-corrected chi connectivity index (χ0v) is 12.1. The van der Waals surface area contributed by atoms with E-state index in [4.69, 9.17) is 10.5 Å². The van der Waals surface area contributed by atoms with Gasteiger partial charge in [-0.2, -0.15) is 0 Å². The predicted molar refractivity (Wildman–Crippen MR) is 74.7 cm³/mol. The van der Waals surface area contributed by atoms with Crippen molar-refractivity contribution in [3.8, 4) is 5.75 Å². The fourth-order valence-electron chi connectivity index (χ4n) is 2.32. The molecule has 0 radical (unpaired) electrons. The third-order valence-corrected chi connectivity index (χ3v) is 4.04. The smallest absolute Gasteiger partial charge is 0.221 e. The van der Waals surface area contributed by atoms with Crippen molar-refractivity contribution >= 4 is 27.5 Å². The molecule has 1 aliphatic carbocycles. The van der Waals surface area contributed by atoms with Crippen molar-refractivity contribution in [1.82, 2.24) is 0 Å². The minimum absolute atomic E-state index is 0.129. The Hall–Kier alpha value is -1.07. The Morgan fingerprint density at radius 2 is 2.17 bits per heavy atom. The standard InChI is InChI=1S/C13H17BrN2O2/c1-8(17)16-12-10(18-2)5-4-9(14)11(12)13(15)6-3-7-13/h4-5H,3,6-7,15H2,1-2H3,(H,16,17). The highest BCUT2D eigenvalue weighted by Gasteiger charge is 2.39. The third kappa shape index (κ3) is 2.24. The van der Waals surface area contributed by atoms with Crippen molar-refractivity contribution in [2.24, 2.45) is 5.73 Å². The largest absolute Gasteiger partial charge is 0.495 e. The first-order valence-electron chi connectivity index (χ1n) is 5.91. The summed E-state index contributed by atoms with van der Waals surface area (Å²) in [5.41, 5.74) is 7.63. The second-order valence-electron chi connectivity index (χ2n) is 4.69. The highest BCUT2D eigenvalue weighted by atomic mass is 79.9. The topological polar surface area (TPSA) is 64.3 Å². The van der Waals surface area contributed by atoms with Gasteiger partial charge in [-0.05, 0) is 31.4 Å². The van der Waals surface area contributed by atoms with Gasteiger partial charge in [0, 0.05) is 22.5 Å². The van der Waals surface area contributed by atoms with Gasteiger partial charge in [-0.15, -0.1) is 0 Å². The molecule has 0 bridgehead atoms. The number of anilines is 1. The summed E-state index contributed by atoms with van der Waals surface area (Å²) < 4.78 is 6.23. The van der Waals surface area contributed by atoms with Crippen molar-refractivity contribution in [1.29, 1.82) is 0 Å². The fraction of sp³-hybridized carbons (Fsp3) is 0.462. The molecule has 1 aromatic carbocycles. The second-order valence-corrected chi connectivity index (χ2v) is 5.54. The molecule has 0 spiro atoms. The number of nitrogens with two attached hydrogens (primary N) is 1. The number of rotatable bonds is 3. The number of halogens is 1. The molecule has 98 valence electrons. The Bertz CT molecular complexity index is 484. The number of hydrogen-bond acceptors (Lipinski definition) is 3. The molecule has 3 N–H and O–H groups in total. The van der Waals surface area contributed by atoms with E-state index >= 15 is 0 Å². The first-order chi connectivity index (χ1) is 8.48. The molecule has 4 nitrogen and oxygen atoms in total. The molecule has 1 amide bonds. The molecule has 1 saturated carbocycles. The number of hydrogen-bond donors (Lipinski definition) is 2. The molecule has 1 fully saturated rings. The van der Waals surface area contributed by atoms with Crippen molar-refractivity contribution in [3.05, 3.63) is 22.2 Å². The van der Waals surface area contributed by atoms with Gasteiger partial charge in [0.05, 0.1) is 12.8 Å². The number of carbonyl (C=O) groups excluding carboxylic acids is 1. The van der Waals surface area contributed by atoms with Crippen LogP contribution in [0.2, 0.25) is 0 Å². The summed E-state index contributed by atoms with van der Waals surface area (Å²) in [6.45, 7) is 1.48. The number of nitrogens with one attached hydrogen (secondary N) is 1. The average Bonchev–Trinajstić information content (AvgIpc) is 2.26. The SMILES string of the molecule is COc1ccc(Br)c(C2(N)CCC2)c1NC(C)=O. The van der Waals surface area contributed by atoms with Crippen LogP contribution in [0, 0.1) is 0 Å².